The summed E-state index contributed by atoms with van der Waals surface area (Å²) in [5.41, 5.74) is 0. The van der Waals surface area contributed by atoms with Crippen LogP contribution in [0.15, 0.2) is 0 Å². The summed E-state index contributed by atoms with van der Waals surface area (Å²) in [4.78, 5) is 0. The van der Waals surface area contributed by atoms with Gasteiger partial charge in [-0.25, -0.2) is 0 Å². The molecule has 0 aliphatic heterocycles. The Morgan fingerprint density at radius 3 is 2.62 bits per heavy atom. The van der Waals surface area contributed by atoms with Crippen molar-refractivity contribution in [2.24, 2.45) is 0 Å². The SMILES string of the molecule is OCCSCCCF. The second-order valence-corrected chi connectivity index (χ2v) is 2.60. The van der Waals surface area contributed by atoms with E-state index in [4.69, 9.17) is 5.11 Å². The van der Waals surface area contributed by atoms with E-state index in [0.717, 1.165) is 11.5 Å². The molecule has 0 saturated carbocycles. The van der Waals surface area contributed by atoms with E-state index in [9.17, 15) is 4.39 Å². The average molecular weight is 138 g/mol. The van der Waals surface area contributed by atoms with Gasteiger partial charge in [-0.2, -0.15) is 11.8 Å². The molecule has 0 aliphatic rings. The Morgan fingerprint density at radius 2 is 2.12 bits per heavy atom. The molecule has 3 heteroatoms. The first kappa shape index (κ1) is 8.24. The second-order valence-electron chi connectivity index (χ2n) is 1.38. The highest BCUT2D eigenvalue weighted by Gasteiger charge is 1.85. The molecule has 0 radical (unpaired) electrons. The molecule has 0 saturated heterocycles. The standard InChI is InChI=1S/C5H11FOS/c6-2-1-4-8-5-3-7/h7H,1-5H2. The summed E-state index contributed by atoms with van der Waals surface area (Å²) < 4.78 is 11.3. The number of hydrogen-bond acceptors (Lipinski definition) is 2. The molecule has 0 spiro atoms. The van der Waals surface area contributed by atoms with Gasteiger partial charge in [0.2, 0.25) is 0 Å². The third-order valence-corrected chi connectivity index (χ3v) is 1.71. The number of thioether (sulfide) groups is 1. The first-order valence-corrected chi connectivity index (χ1v) is 3.82. The maximum Gasteiger partial charge on any atom is 0.0902 e. The lowest BCUT2D eigenvalue weighted by molar-refractivity contribution is 0.322. The van der Waals surface area contributed by atoms with E-state index >= 15 is 0 Å². The van der Waals surface area contributed by atoms with Crippen molar-refractivity contribution in [2.45, 2.75) is 6.42 Å². The lowest BCUT2D eigenvalue weighted by Gasteiger charge is -1.92. The van der Waals surface area contributed by atoms with Crippen LogP contribution >= 0.6 is 11.8 Å². The molecule has 0 fully saturated rings. The summed E-state index contributed by atoms with van der Waals surface area (Å²) in [5.74, 6) is 1.57. The van der Waals surface area contributed by atoms with E-state index in [-0.39, 0.29) is 13.3 Å². The Labute approximate surface area is 53.3 Å². The molecule has 0 aromatic heterocycles. The number of aliphatic hydroxyl groups is 1. The van der Waals surface area contributed by atoms with Crippen molar-refractivity contribution in [1.29, 1.82) is 0 Å². The van der Waals surface area contributed by atoms with Crippen LogP contribution in [0.5, 0.6) is 0 Å². The van der Waals surface area contributed by atoms with Gasteiger partial charge < -0.3 is 5.11 Å². The van der Waals surface area contributed by atoms with Crippen LogP contribution in [0.4, 0.5) is 4.39 Å². The molecular formula is C5H11FOS. The number of alkyl halides is 1. The smallest absolute Gasteiger partial charge is 0.0902 e. The van der Waals surface area contributed by atoms with Crippen LogP contribution in [-0.2, 0) is 0 Å². The fraction of sp³-hybridized carbons (Fsp3) is 1.00. The maximum atomic E-state index is 11.3. The van der Waals surface area contributed by atoms with Crippen molar-refractivity contribution >= 4 is 11.8 Å². The summed E-state index contributed by atoms with van der Waals surface area (Å²) >= 11 is 1.59. The van der Waals surface area contributed by atoms with Gasteiger partial charge in [0, 0.05) is 5.75 Å². The van der Waals surface area contributed by atoms with E-state index < -0.39 is 0 Å². The van der Waals surface area contributed by atoms with Crippen molar-refractivity contribution in [2.75, 3.05) is 24.8 Å². The minimum atomic E-state index is -0.238. The van der Waals surface area contributed by atoms with E-state index in [0.29, 0.717) is 6.42 Å². The van der Waals surface area contributed by atoms with Crippen LogP contribution in [0, 0.1) is 0 Å². The van der Waals surface area contributed by atoms with E-state index in [1.807, 2.05) is 0 Å². The van der Waals surface area contributed by atoms with Gasteiger partial charge in [0.05, 0.1) is 13.3 Å². The van der Waals surface area contributed by atoms with Gasteiger partial charge >= 0.3 is 0 Å². The topological polar surface area (TPSA) is 20.2 Å². The maximum absolute atomic E-state index is 11.3. The molecule has 0 atom stereocenters. The van der Waals surface area contributed by atoms with Gasteiger partial charge in [-0.3, -0.25) is 4.39 Å². The lowest BCUT2D eigenvalue weighted by Crippen LogP contribution is -1.88. The van der Waals surface area contributed by atoms with Crippen molar-refractivity contribution in [3.05, 3.63) is 0 Å². The fourth-order valence-electron chi connectivity index (χ4n) is 0.323. The van der Waals surface area contributed by atoms with Gasteiger partial charge in [0.15, 0.2) is 0 Å². The third-order valence-electron chi connectivity index (χ3n) is 0.658. The second kappa shape index (κ2) is 7.24. The quantitative estimate of drug-likeness (QED) is 0.573. The van der Waals surface area contributed by atoms with Crippen LogP contribution < -0.4 is 0 Å². The van der Waals surface area contributed by atoms with E-state index in [1.54, 1.807) is 11.8 Å². The average Bonchev–Trinajstić information content (AvgIpc) is 1.81. The highest BCUT2D eigenvalue weighted by molar-refractivity contribution is 7.99. The molecule has 0 rings (SSSR count). The molecule has 0 bridgehead atoms. The Hall–Kier alpha value is 0.240. The highest BCUT2D eigenvalue weighted by Crippen LogP contribution is 2.00. The summed E-state index contributed by atoms with van der Waals surface area (Å²) in [6.07, 6.45) is 0.616. The van der Waals surface area contributed by atoms with Crippen LogP contribution in [0.25, 0.3) is 0 Å². The molecule has 0 heterocycles. The Bertz CT molecular complexity index is 37.4. The van der Waals surface area contributed by atoms with Crippen molar-refractivity contribution < 1.29 is 9.50 Å². The van der Waals surface area contributed by atoms with Gasteiger partial charge in [0.1, 0.15) is 0 Å². The molecule has 1 N–H and O–H groups in total. The minimum Gasteiger partial charge on any atom is -0.396 e. The van der Waals surface area contributed by atoms with Crippen LogP contribution in [0.2, 0.25) is 0 Å². The van der Waals surface area contributed by atoms with E-state index in [2.05, 4.69) is 0 Å². The van der Waals surface area contributed by atoms with Gasteiger partial charge in [0.25, 0.3) is 0 Å². The predicted octanol–water partition coefficient (Wildman–Crippen LogP) is 1.07. The Balaban J connectivity index is 2.53. The van der Waals surface area contributed by atoms with Crippen molar-refractivity contribution in [3.63, 3.8) is 0 Å². The molecule has 0 unspecified atom stereocenters. The zero-order valence-corrected chi connectivity index (χ0v) is 5.59. The zero-order chi connectivity index (χ0) is 6.24. The lowest BCUT2D eigenvalue weighted by atomic mass is 10.6. The molecule has 1 nitrogen and oxygen atoms in total. The largest absolute Gasteiger partial charge is 0.396 e. The monoisotopic (exact) mass is 138 g/mol. The molecule has 0 amide bonds. The normalized spacial score (nSPS) is 9.75. The number of rotatable bonds is 5. The minimum absolute atomic E-state index is 0.205. The molecule has 0 aromatic rings. The molecule has 8 heavy (non-hydrogen) atoms. The summed E-state index contributed by atoms with van der Waals surface area (Å²) in [6.45, 7) is -0.0324. The van der Waals surface area contributed by atoms with Gasteiger partial charge in [-0.1, -0.05) is 0 Å². The van der Waals surface area contributed by atoms with Crippen molar-refractivity contribution in [1.82, 2.24) is 0 Å². The molecule has 50 valence electrons. The predicted molar refractivity (Wildman–Crippen MR) is 35.0 cm³/mol. The fourth-order valence-corrected chi connectivity index (χ4v) is 0.970. The number of halogens is 1. The summed E-state index contributed by atoms with van der Waals surface area (Å²) in [5, 5.41) is 8.25. The zero-order valence-electron chi connectivity index (χ0n) is 4.77. The molecular weight excluding hydrogens is 127 g/mol. The van der Waals surface area contributed by atoms with E-state index in [1.165, 1.54) is 0 Å². The first-order chi connectivity index (χ1) is 3.91. The highest BCUT2D eigenvalue weighted by atomic mass is 32.2. The van der Waals surface area contributed by atoms with Crippen molar-refractivity contribution in [3.8, 4) is 0 Å². The summed E-state index contributed by atoms with van der Waals surface area (Å²) in [7, 11) is 0. The Morgan fingerprint density at radius 1 is 1.38 bits per heavy atom. The Kier molecular flexibility index (Phi) is 7.46. The van der Waals surface area contributed by atoms with Crippen LogP contribution in [-0.4, -0.2) is 29.9 Å². The molecule has 0 aromatic carbocycles. The van der Waals surface area contributed by atoms with Crippen LogP contribution in [0.3, 0.4) is 0 Å². The summed E-state index contributed by atoms with van der Waals surface area (Å²) in [6, 6.07) is 0. The molecule has 0 aliphatic carbocycles. The number of aliphatic hydroxyl groups excluding tert-OH is 1. The first-order valence-electron chi connectivity index (χ1n) is 2.66. The van der Waals surface area contributed by atoms with Gasteiger partial charge in [-0.15, -0.1) is 0 Å². The van der Waals surface area contributed by atoms with Gasteiger partial charge in [-0.05, 0) is 12.2 Å². The van der Waals surface area contributed by atoms with Crippen LogP contribution in [0.1, 0.15) is 6.42 Å². The number of hydrogen-bond donors (Lipinski definition) is 1. The third kappa shape index (κ3) is 6.24.